The van der Waals surface area contributed by atoms with Crippen molar-refractivity contribution in [2.24, 2.45) is 5.41 Å². The zero-order valence-corrected chi connectivity index (χ0v) is 14.8. The van der Waals surface area contributed by atoms with Gasteiger partial charge in [0.25, 0.3) is 0 Å². The molecule has 0 saturated carbocycles. The van der Waals surface area contributed by atoms with Crippen LogP contribution in [0.15, 0.2) is 18.2 Å². The van der Waals surface area contributed by atoms with E-state index in [4.69, 9.17) is 0 Å². The van der Waals surface area contributed by atoms with Gasteiger partial charge in [0.05, 0.1) is 0 Å². The van der Waals surface area contributed by atoms with Crippen molar-refractivity contribution in [1.29, 1.82) is 0 Å². The quantitative estimate of drug-likeness (QED) is 0.767. The topological polar surface area (TPSA) is 70.2 Å². The van der Waals surface area contributed by atoms with Crippen LogP contribution in [0, 0.1) is 5.41 Å². The number of fused-ring (bicyclic) bond motifs is 1. The second-order valence-corrected chi connectivity index (χ2v) is 6.74. The van der Waals surface area contributed by atoms with Crippen LogP contribution in [0.4, 0.5) is 0 Å². The molecule has 1 aliphatic heterocycles. The van der Waals surface area contributed by atoms with Gasteiger partial charge < -0.3 is 16.0 Å². The van der Waals surface area contributed by atoms with E-state index in [0.717, 1.165) is 18.7 Å². The van der Waals surface area contributed by atoms with E-state index in [1.165, 1.54) is 11.1 Å². The summed E-state index contributed by atoms with van der Waals surface area (Å²) < 4.78 is 0. The van der Waals surface area contributed by atoms with E-state index >= 15 is 0 Å². The summed E-state index contributed by atoms with van der Waals surface area (Å²) in [5, 5.41) is 8.97. The molecule has 2 rings (SSSR count). The lowest BCUT2D eigenvalue weighted by Gasteiger charge is -2.17. The summed E-state index contributed by atoms with van der Waals surface area (Å²) in [6, 6.07) is 6.30. The van der Waals surface area contributed by atoms with E-state index in [1.54, 1.807) is 0 Å². The monoisotopic (exact) mass is 339 g/mol. The van der Waals surface area contributed by atoms with E-state index in [-0.39, 0.29) is 24.2 Å². The number of hydrogen-bond acceptors (Lipinski definition) is 3. The van der Waals surface area contributed by atoms with Gasteiger partial charge >= 0.3 is 0 Å². The Labute approximate surface area is 144 Å². The van der Waals surface area contributed by atoms with Gasteiger partial charge in [-0.15, -0.1) is 12.4 Å². The highest BCUT2D eigenvalue weighted by Gasteiger charge is 2.20. The molecule has 0 atom stereocenters. The summed E-state index contributed by atoms with van der Waals surface area (Å²) >= 11 is 0. The fourth-order valence-electron chi connectivity index (χ4n) is 2.30. The van der Waals surface area contributed by atoms with Gasteiger partial charge in [0.15, 0.2) is 0 Å². The van der Waals surface area contributed by atoms with E-state index in [1.807, 2.05) is 26.8 Å². The van der Waals surface area contributed by atoms with Crippen molar-refractivity contribution < 1.29 is 9.59 Å². The van der Waals surface area contributed by atoms with Gasteiger partial charge in [0, 0.05) is 38.0 Å². The Hall–Kier alpha value is -1.59. The van der Waals surface area contributed by atoms with Crippen LogP contribution >= 0.6 is 12.4 Å². The zero-order valence-electron chi connectivity index (χ0n) is 14.0. The number of nitrogens with one attached hydrogen (secondary N) is 3. The molecule has 1 aliphatic rings. The Morgan fingerprint density at radius 1 is 1.13 bits per heavy atom. The molecule has 0 saturated heterocycles. The SMILES string of the molecule is CC(C)(C)C(=O)NCCC(=O)NCc1ccc2c(c1)CNC2.Cl. The third kappa shape index (κ3) is 5.84. The van der Waals surface area contributed by atoms with Crippen LogP contribution in [-0.2, 0) is 29.2 Å². The minimum atomic E-state index is -0.422. The van der Waals surface area contributed by atoms with Crippen molar-refractivity contribution in [2.45, 2.75) is 46.8 Å². The molecule has 23 heavy (non-hydrogen) atoms. The molecule has 3 N–H and O–H groups in total. The third-order valence-corrected chi connectivity index (χ3v) is 3.71. The molecule has 5 nitrogen and oxygen atoms in total. The standard InChI is InChI=1S/C17H25N3O2.ClH/c1-17(2,3)16(22)19-7-6-15(21)20-9-12-4-5-13-10-18-11-14(13)8-12;/h4-5,8,18H,6-7,9-11H2,1-3H3,(H,19,22)(H,20,21);1H. The molecule has 1 aromatic carbocycles. The van der Waals surface area contributed by atoms with Gasteiger partial charge in [-0.3, -0.25) is 9.59 Å². The lowest BCUT2D eigenvalue weighted by atomic mass is 9.96. The third-order valence-electron chi connectivity index (χ3n) is 3.71. The molecular weight excluding hydrogens is 314 g/mol. The number of benzene rings is 1. The van der Waals surface area contributed by atoms with Gasteiger partial charge in [-0.25, -0.2) is 0 Å². The first-order chi connectivity index (χ1) is 10.4. The van der Waals surface area contributed by atoms with Crippen LogP contribution in [0.2, 0.25) is 0 Å². The Kier molecular flexibility index (Phi) is 7.03. The molecule has 1 heterocycles. The predicted molar refractivity (Wildman–Crippen MR) is 93.2 cm³/mol. The number of amides is 2. The molecular formula is C17H26ClN3O2. The van der Waals surface area contributed by atoms with Crippen LogP contribution < -0.4 is 16.0 Å². The Morgan fingerprint density at radius 2 is 1.83 bits per heavy atom. The van der Waals surface area contributed by atoms with Gasteiger partial charge in [0.2, 0.25) is 11.8 Å². The van der Waals surface area contributed by atoms with Crippen molar-refractivity contribution in [3.63, 3.8) is 0 Å². The molecule has 0 unspecified atom stereocenters. The minimum Gasteiger partial charge on any atom is -0.355 e. The largest absolute Gasteiger partial charge is 0.355 e. The minimum absolute atomic E-state index is 0. The Balaban J connectivity index is 0.00000264. The highest BCUT2D eigenvalue weighted by molar-refractivity contribution is 5.85. The van der Waals surface area contributed by atoms with Crippen LogP contribution in [-0.4, -0.2) is 18.4 Å². The van der Waals surface area contributed by atoms with E-state index in [2.05, 4.69) is 28.1 Å². The molecule has 2 amide bonds. The summed E-state index contributed by atoms with van der Waals surface area (Å²) in [6.45, 7) is 8.28. The van der Waals surface area contributed by atoms with E-state index < -0.39 is 5.41 Å². The van der Waals surface area contributed by atoms with Crippen molar-refractivity contribution >= 4 is 24.2 Å². The molecule has 0 aromatic heterocycles. The second kappa shape index (κ2) is 8.31. The number of carbonyl (C=O) groups excluding carboxylic acids is 2. The molecule has 0 spiro atoms. The average molecular weight is 340 g/mol. The fraction of sp³-hybridized carbons (Fsp3) is 0.529. The maximum absolute atomic E-state index is 11.8. The summed E-state index contributed by atoms with van der Waals surface area (Å²) in [6.07, 6.45) is 0.300. The summed E-state index contributed by atoms with van der Waals surface area (Å²) in [5.41, 5.74) is 3.33. The van der Waals surface area contributed by atoms with Crippen LogP contribution in [0.3, 0.4) is 0 Å². The first-order valence-corrected chi connectivity index (χ1v) is 7.72. The Morgan fingerprint density at radius 3 is 2.52 bits per heavy atom. The molecule has 0 aliphatic carbocycles. The van der Waals surface area contributed by atoms with Gasteiger partial charge in [-0.05, 0) is 16.7 Å². The van der Waals surface area contributed by atoms with Crippen molar-refractivity contribution in [2.75, 3.05) is 6.54 Å². The smallest absolute Gasteiger partial charge is 0.225 e. The summed E-state index contributed by atoms with van der Waals surface area (Å²) in [4.78, 5) is 23.5. The second-order valence-electron chi connectivity index (χ2n) is 6.74. The first kappa shape index (κ1) is 19.5. The predicted octanol–water partition coefficient (Wildman–Crippen LogP) is 1.88. The number of carbonyl (C=O) groups is 2. The molecule has 0 fully saturated rings. The molecule has 0 radical (unpaired) electrons. The fourth-order valence-corrected chi connectivity index (χ4v) is 2.30. The van der Waals surface area contributed by atoms with Gasteiger partial charge in [-0.1, -0.05) is 39.0 Å². The van der Waals surface area contributed by atoms with Crippen molar-refractivity contribution in [3.8, 4) is 0 Å². The van der Waals surface area contributed by atoms with Crippen LogP contribution in [0.1, 0.15) is 43.9 Å². The van der Waals surface area contributed by atoms with E-state index in [0.29, 0.717) is 19.5 Å². The first-order valence-electron chi connectivity index (χ1n) is 7.72. The molecule has 0 bridgehead atoms. The normalized spacial score (nSPS) is 13.0. The van der Waals surface area contributed by atoms with Crippen molar-refractivity contribution in [1.82, 2.24) is 16.0 Å². The number of rotatable bonds is 5. The molecule has 1 aromatic rings. The Bertz CT molecular complexity index is 567. The van der Waals surface area contributed by atoms with Crippen LogP contribution in [0.25, 0.3) is 0 Å². The lowest BCUT2D eigenvalue weighted by Crippen LogP contribution is -2.37. The highest BCUT2D eigenvalue weighted by Crippen LogP contribution is 2.17. The summed E-state index contributed by atoms with van der Waals surface area (Å²) in [7, 11) is 0. The van der Waals surface area contributed by atoms with Crippen LogP contribution in [0.5, 0.6) is 0 Å². The zero-order chi connectivity index (χ0) is 16.2. The average Bonchev–Trinajstić information content (AvgIpc) is 2.91. The molecule has 6 heteroatoms. The molecule has 128 valence electrons. The van der Waals surface area contributed by atoms with Crippen molar-refractivity contribution in [3.05, 3.63) is 34.9 Å². The maximum atomic E-state index is 11.8. The number of halogens is 1. The van der Waals surface area contributed by atoms with Gasteiger partial charge in [-0.2, -0.15) is 0 Å². The van der Waals surface area contributed by atoms with E-state index in [9.17, 15) is 9.59 Å². The summed E-state index contributed by atoms with van der Waals surface area (Å²) in [5.74, 6) is -0.0840. The highest BCUT2D eigenvalue weighted by atomic mass is 35.5. The maximum Gasteiger partial charge on any atom is 0.225 e. The lowest BCUT2D eigenvalue weighted by molar-refractivity contribution is -0.128. The number of hydrogen-bond donors (Lipinski definition) is 3. The van der Waals surface area contributed by atoms with Gasteiger partial charge in [0.1, 0.15) is 0 Å².